The van der Waals surface area contributed by atoms with Crippen LogP contribution in [0.3, 0.4) is 0 Å². The van der Waals surface area contributed by atoms with E-state index >= 15 is 0 Å². The van der Waals surface area contributed by atoms with Gasteiger partial charge in [0.15, 0.2) is 6.61 Å². The number of carbonyl (C=O) groups is 2. The Morgan fingerprint density at radius 2 is 1.96 bits per heavy atom. The Bertz CT molecular complexity index is 763. The molecule has 0 aromatic heterocycles. The van der Waals surface area contributed by atoms with Gasteiger partial charge in [0.05, 0.1) is 10.5 Å². The molecule has 2 N–H and O–H groups in total. The number of carbonyl (C=O) groups excluding carboxylic acids is 2. The van der Waals surface area contributed by atoms with Crippen LogP contribution in [0.4, 0.5) is 0 Å². The Kier molecular flexibility index (Phi) is 6.77. The molecule has 0 heterocycles. The van der Waals surface area contributed by atoms with Crippen molar-refractivity contribution in [3.63, 3.8) is 0 Å². The second-order valence-corrected chi connectivity index (χ2v) is 8.64. The molecule has 0 spiro atoms. The summed E-state index contributed by atoms with van der Waals surface area (Å²) in [6, 6.07) is 5.58. The molecule has 1 aromatic carbocycles. The van der Waals surface area contributed by atoms with Gasteiger partial charge in [-0.1, -0.05) is 32.8 Å². The molecule has 144 valence electrons. The molecule has 0 radical (unpaired) electrons. The first-order chi connectivity index (χ1) is 12.2. The van der Waals surface area contributed by atoms with Crippen LogP contribution in [-0.4, -0.2) is 40.0 Å². The topological polar surface area (TPSA) is 102 Å². The Morgan fingerprint density at radius 1 is 1.23 bits per heavy atom. The lowest BCUT2D eigenvalue weighted by molar-refractivity contribution is -0.125. The standard InChI is InChI=1S/C18H26N2O5S/c1-12-6-4-9-16(13(12)2)20-17(21)11-25-18(22)14-7-5-8-15(10-14)26(23,24)19-3/h5,7-8,10,12-13,16,19H,4,6,9,11H2,1-3H3,(H,20,21)/t12-,13-,16-/m1/s1. The van der Waals surface area contributed by atoms with Gasteiger partial charge in [-0.3, -0.25) is 4.79 Å². The Labute approximate surface area is 154 Å². The molecule has 0 saturated heterocycles. The highest BCUT2D eigenvalue weighted by atomic mass is 32.2. The maximum Gasteiger partial charge on any atom is 0.338 e. The van der Waals surface area contributed by atoms with Gasteiger partial charge in [0.1, 0.15) is 0 Å². The van der Waals surface area contributed by atoms with Crippen LogP contribution in [0.15, 0.2) is 29.2 Å². The van der Waals surface area contributed by atoms with Crippen molar-refractivity contribution < 1.29 is 22.7 Å². The minimum atomic E-state index is -3.65. The van der Waals surface area contributed by atoms with Gasteiger partial charge in [0, 0.05) is 6.04 Å². The van der Waals surface area contributed by atoms with Gasteiger partial charge < -0.3 is 10.1 Å². The summed E-state index contributed by atoms with van der Waals surface area (Å²) in [5.74, 6) is -0.151. The smallest absolute Gasteiger partial charge is 0.338 e. The molecule has 0 unspecified atom stereocenters. The van der Waals surface area contributed by atoms with Gasteiger partial charge in [0.2, 0.25) is 10.0 Å². The van der Waals surface area contributed by atoms with Crippen LogP contribution < -0.4 is 10.0 Å². The highest BCUT2D eigenvalue weighted by molar-refractivity contribution is 7.89. The van der Waals surface area contributed by atoms with E-state index in [0.29, 0.717) is 11.8 Å². The summed E-state index contributed by atoms with van der Waals surface area (Å²) in [6.07, 6.45) is 3.16. The van der Waals surface area contributed by atoms with E-state index in [4.69, 9.17) is 4.74 Å². The second-order valence-electron chi connectivity index (χ2n) is 6.75. The van der Waals surface area contributed by atoms with E-state index in [1.807, 2.05) is 0 Å². The fourth-order valence-electron chi connectivity index (χ4n) is 3.16. The fraction of sp³-hybridized carbons (Fsp3) is 0.556. The van der Waals surface area contributed by atoms with Crippen molar-refractivity contribution in [1.82, 2.24) is 10.0 Å². The van der Waals surface area contributed by atoms with Crippen LogP contribution in [0, 0.1) is 11.8 Å². The Balaban J connectivity index is 1.92. The highest BCUT2D eigenvalue weighted by Gasteiger charge is 2.28. The van der Waals surface area contributed by atoms with E-state index in [2.05, 4.69) is 23.9 Å². The normalized spacial score (nSPS) is 23.3. The molecule has 7 nitrogen and oxygen atoms in total. The Hall–Kier alpha value is -1.93. The summed E-state index contributed by atoms with van der Waals surface area (Å²) >= 11 is 0. The highest BCUT2D eigenvalue weighted by Crippen LogP contribution is 2.29. The van der Waals surface area contributed by atoms with Crippen LogP contribution in [-0.2, 0) is 19.6 Å². The molecule has 0 aliphatic heterocycles. The molecule has 1 fully saturated rings. The molecule has 2 rings (SSSR count). The molecular weight excluding hydrogens is 356 g/mol. The molecule has 26 heavy (non-hydrogen) atoms. The molecule has 1 aliphatic rings. The van der Waals surface area contributed by atoms with Gasteiger partial charge in [-0.05, 0) is 43.5 Å². The third-order valence-electron chi connectivity index (χ3n) is 5.04. The van der Waals surface area contributed by atoms with E-state index < -0.39 is 16.0 Å². The lowest BCUT2D eigenvalue weighted by Gasteiger charge is -2.34. The van der Waals surface area contributed by atoms with Gasteiger partial charge in [-0.2, -0.15) is 0 Å². The van der Waals surface area contributed by atoms with Crippen molar-refractivity contribution in [2.75, 3.05) is 13.7 Å². The number of amides is 1. The zero-order valence-electron chi connectivity index (χ0n) is 15.3. The van der Waals surface area contributed by atoms with Crippen LogP contribution >= 0.6 is 0 Å². The predicted octanol–water partition coefficient (Wildman–Crippen LogP) is 1.69. The number of hydrogen-bond acceptors (Lipinski definition) is 5. The molecule has 8 heteroatoms. The monoisotopic (exact) mass is 382 g/mol. The summed E-state index contributed by atoms with van der Waals surface area (Å²) in [5.41, 5.74) is 0.0776. The van der Waals surface area contributed by atoms with Crippen LogP contribution in [0.25, 0.3) is 0 Å². The maximum atomic E-state index is 12.1. The van der Waals surface area contributed by atoms with Gasteiger partial charge in [-0.25, -0.2) is 17.9 Å². The Morgan fingerprint density at radius 3 is 2.65 bits per heavy atom. The van der Waals surface area contributed by atoms with Gasteiger partial charge in [0.25, 0.3) is 5.91 Å². The number of hydrogen-bond donors (Lipinski definition) is 2. The molecule has 0 bridgehead atoms. The summed E-state index contributed by atoms with van der Waals surface area (Å²) in [6.45, 7) is 3.91. The molecule has 1 amide bonds. The quantitative estimate of drug-likeness (QED) is 0.729. The first kappa shape index (κ1) is 20.4. The molecule has 1 saturated carbocycles. The van der Waals surface area contributed by atoms with E-state index in [9.17, 15) is 18.0 Å². The van der Waals surface area contributed by atoms with E-state index in [0.717, 1.165) is 19.3 Å². The van der Waals surface area contributed by atoms with E-state index in [-0.39, 0.29) is 29.0 Å². The van der Waals surface area contributed by atoms with E-state index in [1.165, 1.54) is 31.3 Å². The summed E-state index contributed by atoms with van der Waals surface area (Å²) in [5, 5.41) is 2.93. The van der Waals surface area contributed by atoms with Crippen molar-refractivity contribution in [3.8, 4) is 0 Å². The van der Waals surface area contributed by atoms with Crippen molar-refractivity contribution >= 4 is 21.9 Å². The molecule has 3 atom stereocenters. The predicted molar refractivity (Wildman–Crippen MR) is 97.1 cm³/mol. The number of ether oxygens (including phenoxy) is 1. The third-order valence-corrected chi connectivity index (χ3v) is 6.45. The summed E-state index contributed by atoms with van der Waals surface area (Å²) in [7, 11) is -2.36. The van der Waals surface area contributed by atoms with Crippen molar-refractivity contribution in [2.24, 2.45) is 11.8 Å². The minimum absolute atomic E-state index is 0.0380. The fourth-order valence-corrected chi connectivity index (χ4v) is 3.93. The number of rotatable bonds is 6. The number of benzene rings is 1. The lowest BCUT2D eigenvalue weighted by atomic mass is 9.78. The van der Waals surface area contributed by atoms with Gasteiger partial charge >= 0.3 is 5.97 Å². The van der Waals surface area contributed by atoms with Crippen molar-refractivity contribution in [3.05, 3.63) is 29.8 Å². The third kappa shape index (κ3) is 5.04. The summed E-state index contributed by atoms with van der Waals surface area (Å²) in [4.78, 5) is 24.1. The lowest BCUT2D eigenvalue weighted by Crippen LogP contribution is -2.45. The maximum absolute atomic E-state index is 12.1. The van der Waals surface area contributed by atoms with Gasteiger partial charge in [-0.15, -0.1) is 0 Å². The number of nitrogens with one attached hydrogen (secondary N) is 2. The average molecular weight is 382 g/mol. The van der Waals surface area contributed by atoms with Crippen LogP contribution in [0.5, 0.6) is 0 Å². The van der Waals surface area contributed by atoms with Crippen molar-refractivity contribution in [2.45, 2.75) is 44.0 Å². The number of esters is 1. The number of sulfonamides is 1. The second kappa shape index (κ2) is 8.64. The zero-order chi connectivity index (χ0) is 19.3. The molecule has 1 aromatic rings. The molecule has 1 aliphatic carbocycles. The van der Waals surface area contributed by atoms with Crippen molar-refractivity contribution in [1.29, 1.82) is 0 Å². The minimum Gasteiger partial charge on any atom is -0.452 e. The first-order valence-corrected chi connectivity index (χ1v) is 10.2. The summed E-state index contributed by atoms with van der Waals surface area (Å²) < 4.78 is 30.8. The SMILES string of the molecule is CNS(=O)(=O)c1cccc(C(=O)OCC(=O)N[C@@H]2CCC[C@@H](C)[C@H]2C)c1. The van der Waals surface area contributed by atoms with E-state index in [1.54, 1.807) is 0 Å². The first-order valence-electron chi connectivity index (χ1n) is 8.74. The zero-order valence-corrected chi connectivity index (χ0v) is 16.1. The largest absolute Gasteiger partial charge is 0.452 e. The molecular formula is C18H26N2O5S. The van der Waals surface area contributed by atoms with Crippen LogP contribution in [0.1, 0.15) is 43.5 Å². The average Bonchev–Trinajstić information content (AvgIpc) is 2.63. The van der Waals surface area contributed by atoms with Crippen LogP contribution in [0.2, 0.25) is 0 Å².